The normalized spacial score (nSPS) is 28.6. The Morgan fingerprint density at radius 2 is 1.78 bits per heavy atom. The van der Waals surface area contributed by atoms with Gasteiger partial charge in [-0.25, -0.2) is 0 Å². The molecule has 36 heavy (non-hydrogen) atoms. The highest BCUT2D eigenvalue weighted by Gasteiger charge is 2.52. The summed E-state index contributed by atoms with van der Waals surface area (Å²) in [5, 5.41) is 0. The van der Waals surface area contributed by atoms with Gasteiger partial charge in [0.25, 0.3) is 5.91 Å². The Labute approximate surface area is 212 Å². The molecule has 4 aliphatic rings. The first kappa shape index (κ1) is 25.0. The van der Waals surface area contributed by atoms with Gasteiger partial charge in [0.1, 0.15) is 6.10 Å². The summed E-state index contributed by atoms with van der Waals surface area (Å²) in [7, 11) is 4.86. The third kappa shape index (κ3) is 4.60. The van der Waals surface area contributed by atoms with Crippen LogP contribution in [0.5, 0.6) is 11.5 Å². The molecule has 1 amide bonds. The molecule has 2 fully saturated rings. The minimum atomic E-state index is -0.509. The summed E-state index contributed by atoms with van der Waals surface area (Å²) in [6.45, 7) is 4.66. The van der Waals surface area contributed by atoms with E-state index in [1.165, 1.54) is 0 Å². The lowest BCUT2D eigenvalue weighted by Gasteiger charge is -2.38. The van der Waals surface area contributed by atoms with Gasteiger partial charge >= 0.3 is 0 Å². The summed E-state index contributed by atoms with van der Waals surface area (Å²) < 4.78 is 28.3. The smallest absolute Gasteiger partial charge is 0.290 e. The van der Waals surface area contributed by atoms with Crippen LogP contribution in [0.3, 0.4) is 0 Å². The molecular weight excluding hydrogens is 464 g/mol. The Balaban J connectivity index is 1.45. The second-order valence-electron chi connectivity index (χ2n) is 9.86. The van der Waals surface area contributed by atoms with Gasteiger partial charge in [0.15, 0.2) is 23.0 Å². The van der Waals surface area contributed by atoms with Crippen LogP contribution in [-0.2, 0) is 23.8 Å². The number of benzene rings is 1. The lowest BCUT2D eigenvalue weighted by molar-refractivity contribution is -0.138. The van der Waals surface area contributed by atoms with E-state index in [1.54, 1.807) is 26.2 Å². The van der Waals surface area contributed by atoms with Crippen molar-refractivity contribution in [2.75, 3.05) is 60.7 Å². The topological polar surface area (TPSA) is 86.8 Å². The molecule has 1 aliphatic carbocycles. The van der Waals surface area contributed by atoms with Gasteiger partial charge in [0, 0.05) is 39.7 Å². The second kappa shape index (κ2) is 10.8. The number of amides is 1. The summed E-state index contributed by atoms with van der Waals surface area (Å²) >= 11 is 0. The zero-order valence-corrected chi connectivity index (χ0v) is 21.4. The van der Waals surface area contributed by atoms with Gasteiger partial charge < -0.3 is 28.6 Å². The van der Waals surface area contributed by atoms with E-state index in [-0.39, 0.29) is 35.6 Å². The molecule has 3 aliphatic heterocycles. The van der Waals surface area contributed by atoms with E-state index in [4.69, 9.17) is 23.7 Å². The molecule has 0 bridgehead atoms. The van der Waals surface area contributed by atoms with Gasteiger partial charge in [0.2, 0.25) is 0 Å². The largest absolute Gasteiger partial charge is 0.493 e. The lowest BCUT2D eigenvalue weighted by atomic mass is 9.76. The second-order valence-corrected chi connectivity index (χ2v) is 9.86. The Morgan fingerprint density at radius 3 is 2.50 bits per heavy atom. The summed E-state index contributed by atoms with van der Waals surface area (Å²) in [6.07, 6.45) is 2.65. The maximum absolute atomic E-state index is 13.9. The number of ether oxygens (including phenoxy) is 5. The summed E-state index contributed by atoms with van der Waals surface area (Å²) in [4.78, 5) is 31.8. The van der Waals surface area contributed by atoms with Crippen LogP contribution >= 0.6 is 0 Å². The third-order valence-electron chi connectivity index (χ3n) is 7.93. The number of rotatable bonds is 8. The van der Waals surface area contributed by atoms with Crippen molar-refractivity contribution < 1.29 is 33.3 Å². The Morgan fingerprint density at radius 1 is 1.00 bits per heavy atom. The van der Waals surface area contributed by atoms with Crippen molar-refractivity contribution in [2.45, 2.75) is 43.9 Å². The molecule has 4 unspecified atom stereocenters. The van der Waals surface area contributed by atoms with Crippen LogP contribution in [0.1, 0.15) is 37.3 Å². The monoisotopic (exact) mass is 500 g/mol. The molecule has 9 heteroatoms. The molecule has 1 saturated carbocycles. The molecule has 0 aromatic heterocycles. The zero-order valence-electron chi connectivity index (χ0n) is 21.4. The quantitative estimate of drug-likeness (QED) is 0.538. The van der Waals surface area contributed by atoms with Crippen LogP contribution < -0.4 is 9.47 Å². The van der Waals surface area contributed by atoms with Crippen molar-refractivity contribution in [3.8, 4) is 11.5 Å². The molecule has 5 rings (SSSR count). The van der Waals surface area contributed by atoms with E-state index in [0.717, 1.165) is 51.3 Å². The summed E-state index contributed by atoms with van der Waals surface area (Å²) in [6, 6.07) is 5.09. The standard InChI is InChI=1S/C27H36N2O7/c1-32-18-6-7-19-21(16-18)36-26-23(25(19)30)24(17-5-8-20(33-2)22(15-17)34-3)29(27(26)31)10-4-9-28-11-13-35-14-12-28/h5,8,15,18-19,21,24H,4,6-7,9-14,16H2,1-3H3. The molecule has 4 atom stereocenters. The predicted molar refractivity (Wildman–Crippen MR) is 131 cm³/mol. The van der Waals surface area contributed by atoms with Crippen molar-refractivity contribution in [1.29, 1.82) is 0 Å². The van der Waals surface area contributed by atoms with E-state index in [0.29, 0.717) is 36.5 Å². The minimum Gasteiger partial charge on any atom is -0.493 e. The molecule has 196 valence electrons. The van der Waals surface area contributed by atoms with Crippen molar-refractivity contribution >= 4 is 11.7 Å². The number of Topliss-reactive ketones (excluding diaryl/α,β-unsaturated/α-hetero) is 1. The summed E-state index contributed by atoms with van der Waals surface area (Å²) in [5.41, 5.74) is 1.30. The fourth-order valence-corrected chi connectivity index (χ4v) is 5.98. The molecule has 1 aromatic carbocycles. The Hall–Kier alpha value is -2.62. The molecule has 1 aromatic rings. The number of hydrogen-bond donors (Lipinski definition) is 0. The molecular formula is C27H36N2O7. The maximum Gasteiger partial charge on any atom is 0.290 e. The van der Waals surface area contributed by atoms with E-state index in [1.807, 2.05) is 18.2 Å². The third-order valence-corrected chi connectivity index (χ3v) is 7.93. The van der Waals surface area contributed by atoms with Crippen LogP contribution in [0.4, 0.5) is 0 Å². The van der Waals surface area contributed by atoms with Crippen LogP contribution in [0.25, 0.3) is 0 Å². The first-order chi connectivity index (χ1) is 17.5. The van der Waals surface area contributed by atoms with Gasteiger partial charge in [0.05, 0.1) is 51.1 Å². The van der Waals surface area contributed by atoms with Gasteiger partial charge in [-0.05, 0) is 37.0 Å². The van der Waals surface area contributed by atoms with Gasteiger partial charge in [-0.1, -0.05) is 6.07 Å². The lowest BCUT2D eigenvalue weighted by Crippen LogP contribution is -2.43. The van der Waals surface area contributed by atoms with Crippen molar-refractivity contribution in [1.82, 2.24) is 9.80 Å². The summed E-state index contributed by atoms with van der Waals surface area (Å²) in [5.74, 6) is 0.941. The molecule has 9 nitrogen and oxygen atoms in total. The number of morpholine rings is 1. The fourth-order valence-electron chi connectivity index (χ4n) is 5.98. The molecule has 0 radical (unpaired) electrons. The highest BCUT2D eigenvalue weighted by atomic mass is 16.5. The number of carbonyl (C=O) groups is 2. The predicted octanol–water partition coefficient (Wildman–Crippen LogP) is 2.35. The average molecular weight is 501 g/mol. The molecule has 1 saturated heterocycles. The van der Waals surface area contributed by atoms with E-state index >= 15 is 0 Å². The van der Waals surface area contributed by atoms with Crippen LogP contribution in [-0.4, -0.2) is 94.4 Å². The number of methoxy groups -OCH3 is 3. The molecule has 0 N–H and O–H groups in total. The van der Waals surface area contributed by atoms with Crippen molar-refractivity contribution in [3.63, 3.8) is 0 Å². The van der Waals surface area contributed by atoms with Crippen molar-refractivity contribution in [3.05, 3.63) is 35.1 Å². The average Bonchev–Trinajstić information content (AvgIpc) is 3.20. The van der Waals surface area contributed by atoms with Crippen LogP contribution in [0, 0.1) is 5.92 Å². The van der Waals surface area contributed by atoms with Crippen LogP contribution in [0.2, 0.25) is 0 Å². The maximum atomic E-state index is 13.9. The fraction of sp³-hybridized carbons (Fsp3) is 0.630. The van der Waals surface area contributed by atoms with Gasteiger partial charge in [-0.2, -0.15) is 0 Å². The number of fused-ring (bicyclic) bond motifs is 1. The van der Waals surface area contributed by atoms with Crippen molar-refractivity contribution in [2.24, 2.45) is 5.92 Å². The zero-order chi connectivity index (χ0) is 25.2. The first-order valence-corrected chi connectivity index (χ1v) is 12.9. The Kier molecular flexibility index (Phi) is 7.50. The van der Waals surface area contributed by atoms with Gasteiger partial charge in [-0.3, -0.25) is 14.5 Å². The number of ketones is 1. The van der Waals surface area contributed by atoms with E-state index < -0.39 is 6.04 Å². The number of nitrogens with zero attached hydrogens (tertiary/aromatic N) is 2. The number of carbonyl (C=O) groups excluding carboxylic acids is 2. The van der Waals surface area contributed by atoms with Gasteiger partial charge in [-0.15, -0.1) is 0 Å². The number of hydrogen-bond acceptors (Lipinski definition) is 8. The highest BCUT2D eigenvalue weighted by Crippen LogP contribution is 2.48. The van der Waals surface area contributed by atoms with Crippen LogP contribution in [0.15, 0.2) is 29.5 Å². The molecule has 3 heterocycles. The minimum absolute atomic E-state index is 0.0274. The first-order valence-electron chi connectivity index (χ1n) is 12.9. The van der Waals surface area contributed by atoms with E-state index in [9.17, 15) is 9.59 Å². The van der Waals surface area contributed by atoms with E-state index in [2.05, 4.69) is 4.90 Å². The molecule has 0 spiro atoms. The SMILES string of the molecule is COc1ccc(C2C3=C(OC4CC(OC)CCC4C3=O)C(=O)N2CCCN2CCOCC2)cc1OC. The highest BCUT2D eigenvalue weighted by molar-refractivity contribution is 6.11. The Bertz CT molecular complexity index is 1020.